The van der Waals surface area contributed by atoms with E-state index in [2.05, 4.69) is 5.32 Å². The van der Waals surface area contributed by atoms with E-state index in [1.54, 1.807) is 4.90 Å². The Balaban J connectivity index is 1.76. The molecule has 1 aromatic carbocycles. The Kier molecular flexibility index (Phi) is 9.28. The largest absolute Gasteiger partial charge is 0.463 e. The van der Waals surface area contributed by atoms with Crippen LogP contribution in [-0.2, 0) is 19.1 Å². The molecule has 1 fully saturated rings. The lowest BCUT2D eigenvalue weighted by Crippen LogP contribution is -2.42. The maximum Gasteiger partial charge on any atom is 0.305 e. The summed E-state index contributed by atoms with van der Waals surface area (Å²) in [7, 11) is 0. The van der Waals surface area contributed by atoms with Crippen LogP contribution in [0.25, 0.3) is 0 Å². The van der Waals surface area contributed by atoms with Crippen molar-refractivity contribution in [3.05, 3.63) is 48.0 Å². The van der Waals surface area contributed by atoms with Gasteiger partial charge in [0.25, 0.3) is 0 Å². The predicted octanol–water partition coefficient (Wildman–Crippen LogP) is 2.90. The zero-order valence-electron chi connectivity index (χ0n) is 18.6. The molecule has 32 heavy (non-hydrogen) atoms. The van der Waals surface area contributed by atoms with Crippen molar-refractivity contribution in [2.75, 3.05) is 19.8 Å². The molecule has 2 aliphatic heterocycles. The smallest absolute Gasteiger partial charge is 0.305 e. The second kappa shape index (κ2) is 12.4. The lowest BCUT2D eigenvalue weighted by molar-refractivity contribution is -0.145. The molecule has 2 aliphatic rings. The Hall–Kier alpha value is -2.67. The van der Waals surface area contributed by atoms with E-state index in [-0.39, 0.29) is 43.5 Å². The molecular formula is C25H34N2O5. The van der Waals surface area contributed by atoms with Gasteiger partial charge < -0.3 is 20.1 Å². The number of nitrogens with one attached hydrogen (secondary N) is 1. The summed E-state index contributed by atoms with van der Waals surface area (Å²) in [6, 6.07) is 8.78. The summed E-state index contributed by atoms with van der Waals surface area (Å²) in [4.78, 5) is 40.0. The number of benzene rings is 1. The number of nitrogens with zero attached hydrogens (tertiary/aromatic N) is 1. The number of esters is 1. The SMILES string of the molecule is O=C1CCCCC=CC[C@H](CC(=O)N2CCC[C@H]2CO)C(=O)N[C@H](c2ccccc2)CO1. The van der Waals surface area contributed by atoms with Crippen LogP contribution in [-0.4, -0.2) is 53.6 Å². The van der Waals surface area contributed by atoms with E-state index in [0.29, 0.717) is 19.4 Å². The molecule has 0 saturated carbocycles. The van der Waals surface area contributed by atoms with E-state index in [1.807, 2.05) is 42.5 Å². The minimum Gasteiger partial charge on any atom is -0.463 e. The summed E-state index contributed by atoms with van der Waals surface area (Å²) in [5, 5.41) is 12.6. The van der Waals surface area contributed by atoms with Crippen molar-refractivity contribution in [1.29, 1.82) is 0 Å². The normalized spacial score (nSPS) is 25.7. The second-order valence-electron chi connectivity index (χ2n) is 8.57. The highest BCUT2D eigenvalue weighted by molar-refractivity contribution is 5.86. The van der Waals surface area contributed by atoms with E-state index < -0.39 is 12.0 Å². The molecule has 0 aromatic heterocycles. The first-order chi connectivity index (χ1) is 15.6. The van der Waals surface area contributed by atoms with Crippen molar-refractivity contribution in [3.8, 4) is 0 Å². The Bertz CT molecular complexity index is 795. The van der Waals surface area contributed by atoms with Crippen LogP contribution in [0.3, 0.4) is 0 Å². The van der Waals surface area contributed by atoms with Crippen molar-refractivity contribution in [3.63, 3.8) is 0 Å². The molecule has 7 heteroatoms. The highest BCUT2D eigenvalue weighted by Crippen LogP contribution is 2.22. The average molecular weight is 443 g/mol. The Labute approximate surface area is 189 Å². The number of amides is 2. The monoisotopic (exact) mass is 442 g/mol. The van der Waals surface area contributed by atoms with Crippen LogP contribution in [0.1, 0.15) is 63.0 Å². The lowest BCUT2D eigenvalue weighted by atomic mass is 9.97. The number of allylic oxidation sites excluding steroid dienone is 2. The number of likely N-dealkylation sites (tertiary alicyclic amines) is 1. The van der Waals surface area contributed by atoms with Crippen LogP contribution in [0, 0.1) is 5.92 Å². The zero-order chi connectivity index (χ0) is 22.8. The van der Waals surface area contributed by atoms with Gasteiger partial charge in [0.05, 0.1) is 24.6 Å². The average Bonchev–Trinajstić information content (AvgIpc) is 3.29. The molecule has 2 heterocycles. The number of hydrogen-bond acceptors (Lipinski definition) is 5. The maximum atomic E-state index is 13.2. The molecule has 174 valence electrons. The molecule has 1 aromatic rings. The van der Waals surface area contributed by atoms with E-state index in [1.165, 1.54) is 0 Å². The number of ether oxygens (including phenoxy) is 1. The third-order valence-corrected chi connectivity index (χ3v) is 6.22. The van der Waals surface area contributed by atoms with Crippen molar-refractivity contribution in [1.82, 2.24) is 10.2 Å². The van der Waals surface area contributed by atoms with Gasteiger partial charge in [-0.2, -0.15) is 0 Å². The highest BCUT2D eigenvalue weighted by atomic mass is 16.5. The van der Waals surface area contributed by atoms with Gasteiger partial charge in [-0.25, -0.2) is 0 Å². The van der Waals surface area contributed by atoms with Gasteiger partial charge in [0, 0.05) is 19.4 Å². The van der Waals surface area contributed by atoms with Crippen molar-refractivity contribution in [2.24, 2.45) is 5.92 Å². The van der Waals surface area contributed by atoms with Crippen LogP contribution in [0.15, 0.2) is 42.5 Å². The van der Waals surface area contributed by atoms with Gasteiger partial charge in [-0.15, -0.1) is 0 Å². The topological polar surface area (TPSA) is 95.9 Å². The number of carbonyl (C=O) groups is 3. The van der Waals surface area contributed by atoms with Crippen LogP contribution >= 0.6 is 0 Å². The molecule has 0 bridgehead atoms. The third kappa shape index (κ3) is 6.92. The van der Waals surface area contributed by atoms with Gasteiger partial charge in [-0.3, -0.25) is 14.4 Å². The van der Waals surface area contributed by atoms with Gasteiger partial charge >= 0.3 is 5.97 Å². The van der Waals surface area contributed by atoms with Crippen molar-refractivity contribution in [2.45, 2.75) is 63.5 Å². The first-order valence-electron chi connectivity index (χ1n) is 11.6. The lowest BCUT2D eigenvalue weighted by Gasteiger charge is -2.26. The van der Waals surface area contributed by atoms with E-state index in [9.17, 15) is 19.5 Å². The summed E-state index contributed by atoms with van der Waals surface area (Å²) >= 11 is 0. The molecule has 1 saturated heterocycles. The number of aliphatic hydroxyl groups is 1. The second-order valence-corrected chi connectivity index (χ2v) is 8.57. The third-order valence-electron chi connectivity index (χ3n) is 6.22. The minimum atomic E-state index is -0.524. The number of aliphatic hydroxyl groups excluding tert-OH is 1. The van der Waals surface area contributed by atoms with Gasteiger partial charge in [0.2, 0.25) is 11.8 Å². The summed E-state index contributed by atoms with van der Waals surface area (Å²) in [6.45, 7) is 0.630. The number of hydrogen-bond donors (Lipinski definition) is 2. The van der Waals surface area contributed by atoms with Crippen LogP contribution in [0.5, 0.6) is 0 Å². The van der Waals surface area contributed by atoms with E-state index in [0.717, 1.165) is 37.7 Å². The van der Waals surface area contributed by atoms with Crippen LogP contribution in [0.4, 0.5) is 0 Å². The number of rotatable bonds is 4. The van der Waals surface area contributed by atoms with Crippen molar-refractivity contribution < 1.29 is 24.2 Å². The molecule has 3 atom stereocenters. The Morgan fingerprint density at radius 2 is 1.94 bits per heavy atom. The summed E-state index contributed by atoms with van der Waals surface area (Å²) in [5.74, 6) is -1.12. The van der Waals surface area contributed by atoms with Gasteiger partial charge in [-0.1, -0.05) is 42.5 Å². The Morgan fingerprint density at radius 3 is 2.72 bits per heavy atom. The molecule has 0 radical (unpaired) electrons. The fraction of sp³-hybridized carbons (Fsp3) is 0.560. The van der Waals surface area contributed by atoms with Gasteiger partial charge in [0.1, 0.15) is 6.61 Å². The number of carbonyl (C=O) groups excluding carboxylic acids is 3. The standard InChI is InChI=1S/C25H34N2O5/c28-17-21-13-9-15-27(21)23(29)16-20-12-5-2-1-3-8-14-24(30)32-18-22(26-25(20)31)19-10-6-4-7-11-19/h2,4-7,10-11,20-22,28H,1,3,8-9,12-18H2,(H,26,31)/t20-,21+,22+/m1/s1. The molecule has 2 N–H and O–H groups in total. The quantitative estimate of drug-likeness (QED) is 0.552. The first kappa shape index (κ1) is 24.0. The maximum absolute atomic E-state index is 13.2. The summed E-state index contributed by atoms with van der Waals surface area (Å²) in [5.41, 5.74) is 0.848. The molecule has 0 spiro atoms. The fourth-order valence-electron chi connectivity index (χ4n) is 4.32. The summed E-state index contributed by atoms with van der Waals surface area (Å²) in [6.07, 6.45) is 9.01. The molecule has 0 unspecified atom stereocenters. The molecule has 7 nitrogen and oxygen atoms in total. The zero-order valence-corrected chi connectivity index (χ0v) is 18.6. The molecule has 3 rings (SSSR count). The van der Waals surface area contributed by atoms with E-state index in [4.69, 9.17) is 4.74 Å². The minimum absolute atomic E-state index is 0.0516. The van der Waals surface area contributed by atoms with Gasteiger partial charge in [-0.05, 0) is 44.1 Å². The van der Waals surface area contributed by atoms with Crippen molar-refractivity contribution >= 4 is 17.8 Å². The Morgan fingerprint density at radius 1 is 1.12 bits per heavy atom. The first-order valence-corrected chi connectivity index (χ1v) is 11.6. The highest BCUT2D eigenvalue weighted by Gasteiger charge is 2.32. The predicted molar refractivity (Wildman–Crippen MR) is 120 cm³/mol. The molecule has 0 aliphatic carbocycles. The van der Waals surface area contributed by atoms with E-state index >= 15 is 0 Å². The van der Waals surface area contributed by atoms with Crippen LogP contribution in [0.2, 0.25) is 0 Å². The van der Waals surface area contributed by atoms with Gasteiger partial charge in [0.15, 0.2) is 0 Å². The fourth-order valence-corrected chi connectivity index (χ4v) is 4.32. The molecular weight excluding hydrogens is 408 g/mol. The summed E-state index contributed by atoms with van der Waals surface area (Å²) < 4.78 is 5.45. The van der Waals surface area contributed by atoms with Crippen LogP contribution < -0.4 is 5.32 Å². The number of cyclic esters (lactones) is 1. The molecule has 2 amide bonds.